The monoisotopic (exact) mass is 258 g/mol. The number of imide groups is 1. The number of carbonyl (C=O) groups is 2. The minimum absolute atomic E-state index is 0.0877. The number of urea groups is 1. The van der Waals surface area contributed by atoms with Gasteiger partial charge in [-0.25, -0.2) is 9.69 Å². The van der Waals surface area contributed by atoms with E-state index in [1.807, 2.05) is 18.2 Å². The van der Waals surface area contributed by atoms with Gasteiger partial charge < -0.3 is 5.32 Å². The van der Waals surface area contributed by atoms with E-state index < -0.39 is 5.54 Å². The van der Waals surface area contributed by atoms with Crippen LogP contribution in [0.5, 0.6) is 0 Å². The number of nitrogens with one attached hydrogen (secondary N) is 1. The summed E-state index contributed by atoms with van der Waals surface area (Å²) in [5.41, 5.74) is -0.00924. The second-order valence-corrected chi connectivity index (χ2v) is 5.69. The molecule has 1 aliphatic carbocycles. The van der Waals surface area contributed by atoms with Gasteiger partial charge in [0.2, 0.25) is 0 Å². The Bertz CT molecular complexity index is 514. The summed E-state index contributed by atoms with van der Waals surface area (Å²) in [6, 6.07) is 8.85. The minimum Gasteiger partial charge on any atom is -0.323 e. The van der Waals surface area contributed by atoms with Crippen LogP contribution >= 0.6 is 0 Å². The molecule has 2 unspecified atom stereocenters. The fourth-order valence-corrected chi connectivity index (χ4v) is 3.29. The topological polar surface area (TPSA) is 49.4 Å². The Morgan fingerprint density at radius 3 is 2.68 bits per heavy atom. The number of anilines is 1. The highest BCUT2D eigenvalue weighted by Gasteiger charge is 2.52. The summed E-state index contributed by atoms with van der Waals surface area (Å²) in [5, 5.41) is 2.94. The third-order valence-corrected chi connectivity index (χ3v) is 4.17. The average Bonchev–Trinajstić information content (AvgIpc) is 2.62. The van der Waals surface area contributed by atoms with Crippen molar-refractivity contribution in [3.63, 3.8) is 0 Å². The first kappa shape index (κ1) is 12.2. The van der Waals surface area contributed by atoms with Crippen LogP contribution < -0.4 is 10.2 Å². The Labute approximate surface area is 112 Å². The second kappa shape index (κ2) is 4.37. The van der Waals surface area contributed by atoms with Crippen molar-refractivity contribution in [2.24, 2.45) is 5.92 Å². The number of carbonyl (C=O) groups excluding carboxylic acids is 2. The minimum atomic E-state index is -0.662. The summed E-state index contributed by atoms with van der Waals surface area (Å²) in [5.74, 6) is 0.393. The number of hydrogen-bond acceptors (Lipinski definition) is 2. The van der Waals surface area contributed by atoms with Gasteiger partial charge >= 0.3 is 6.03 Å². The van der Waals surface area contributed by atoms with Crippen LogP contribution in [-0.4, -0.2) is 17.5 Å². The van der Waals surface area contributed by atoms with Gasteiger partial charge in [-0.15, -0.1) is 0 Å². The quantitative estimate of drug-likeness (QED) is 0.787. The maximum atomic E-state index is 12.7. The van der Waals surface area contributed by atoms with E-state index in [-0.39, 0.29) is 11.9 Å². The van der Waals surface area contributed by atoms with Crippen LogP contribution in [0.25, 0.3) is 0 Å². The zero-order valence-corrected chi connectivity index (χ0v) is 11.1. The highest BCUT2D eigenvalue weighted by atomic mass is 16.2. The molecule has 2 aliphatic rings. The Balaban J connectivity index is 1.93. The van der Waals surface area contributed by atoms with Crippen molar-refractivity contribution in [1.82, 2.24) is 5.32 Å². The van der Waals surface area contributed by atoms with Crippen LogP contribution in [0.1, 0.15) is 32.6 Å². The molecule has 0 aromatic heterocycles. The van der Waals surface area contributed by atoms with Crippen LogP contribution in [0, 0.1) is 5.92 Å². The molecule has 19 heavy (non-hydrogen) atoms. The summed E-state index contributed by atoms with van der Waals surface area (Å²) >= 11 is 0. The zero-order valence-electron chi connectivity index (χ0n) is 11.1. The standard InChI is InChI=1S/C15H18N2O2/c1-11-6-5-9-15(10-11)13(18)17(14(19)16-15)12-7-3-2-4-8-12/h2-4,7-8,11H,5-6,9-10H2,1H3,(H,16,19). The highest BCUT2D eigenvalue weighted by molar-refractivity contribution is 6.23. The Morgan fingerprint density at radius 1 is 1.26 bits per heavy atom. The zero-order chi connectivity index (χ0) is 13.5. The number of para-hydroxylation sites is 1. The molecule has 1 N–H and O–H groups in total. The van der Waals surface area contributed by atoms with Crippen molar-refractivity contribution in [3.8, 4) is 0 Å². The van der Waals surface area contributed by atoms with Gasteiger partial charge in [-0.3, -0.25) is 4.79 Å². The van der Waals surface area contributed by atoms with E-state index in [4.69, 9.17) is 0 Å². The second-order valence-electron chi connectivity index (χ2n) is 5.69. The fraction of sp³-hybridized carbons (Fsp3) is 0.467. The molecule has 1 saturated carbocycles. The Kier molecular flexibility index (Phi) is 2.81. The van der Waals surface area contributed by atoms with Crippen molar-refractivity contribution in [3.05, 3.63) is 30.3 Å². The molecule has 1 heterocycles. The van der Waals surface area contributed by atoms with E-state index >= 15 is 0 Å². The first-order valence-corrected chi connectivity index (χ1v) is 6.84. The molecule has 1 aromatic carbocycles. The van der Waals surface area contributed by atoms with Gasteiger partial charge in [0, 0.05) is 0 Å². The normalized spacial score (nSPS) is 30.8. The SMILES string of the molecule is CC1CCCC2(C1)NC(=O)N(c1ccccc1)C2=O. The lowest BCUT2D eigenvalue weighted by atomic mass is 9.76. The van der Waals surface area contributed by atoms with Crippen molar-refractivity contribution < 1.29 is 9.59 Å². The molecule has 3 rings (SSSR count). The van der Waals surface area contributed by atoms with Gasteiger partial charge in [0.1, 0.15) is 5.54 Å². The van der Waals surface area contributed by atoms with Crippen LogP contribution in [-0.2, 0) is 4.79 Å². The summed E-state index contributed by atoms with van der Waals surface area (Å²) in [4.78, 5) is 26.1. The molecule has 3 amide bonds. The lowest BCUT2D eigenvalue weighted by Crippen LogP contribution is -2.50. The summed E-state index contributed by atoms with van der Waals surface area (Å²) in [6.07, 6.45) is 3.64. The van der Waals surface area contributed by atoms with Gasteiger partial charge in [0.25, 0.3) is 5.91 Å². The summed E-state index contributed by atoms with van der Waals surface area (Å²) in [6.45, 7) is 2.14. The number of hydrogen-bond donors (Lipinski definition) is 1. The molecule has 1 saturated heterocycles. The molecular formula is C15H18N2O2. The van der Waals surface area contributed by atoms with E-state index in [2.05, 4.69) is 12.2 Å². The number of benzene rings is 1. The third-order valence-electron chi connectivity index (χ3n) is 4.17. The average molecular weight is 258 g/mol. The molecule has 1 spiro atoms. The van der Waals surface area contributed by atoms with Gasteiger partial charge in [-0.2, -0.15) is 0 Å². The Hall–Kier alpha value is -1.84. The first-order chi connectivity index (χ1) is 9.12. The lowest BCUT2D eigenvalue weighted by molar-refractivity contribution is -0.123. The Morgan fingerprint density at radius 2 is 2.00 bits per heavy atom. The highest BCUT2D eigenvalue weighted by Crippen LogP contribution is 2.38. The van der Waals surface area contributed by atoms with Crippen LogP contribution in [0.4, 0.5) is 10.5 Å². The fourth-order valence-electron chi connectivity index (χ4n) is 3.29. The van der Waals surface area contributed by atoms with Gasteiger partial charge in [0.05, 0.1) is 5.69 Å². The van der Waals surface area contributed by atoms with Crippen LogP contribution in [0.15, 0.2) is 30.3 Å². The predicted molar refractivity (Wildman–Crippen MR) is 72.8 cm³/mol. The molecule has 100 valence electrons. The number of amides is 3. The van der Waals surface area contributed by atoms with Crippen molar-refractivity contribution >= 4 is 17.6 Å². The van der Waals surface area contributed by atoms with E-state index in [1.54, 1.807) is 12.1 Å². The maximum absolute atomic E-state index is 12.7. The lowest BCUT2D eigenvalue weighted by Gasteiger charge is -2.34. The van der Waals surface area contributed by atoms with Crippen molar-refractivity contribution in [2.75, 3.05) is 4.90 Å². The van der Waals surface area contributed by atoms with Crippen molar-refractivity contribution in [1.29, 1.82) is 0 Å². The van der Waals surface area contributed by atoms with Gasteiger partial charge in [-0.1, -0.05) is 38.0 Å². The van der Waals surface area contributed by atoms with E-state index in [0.29, 0.717) is 11.6 Å². The summed E-state index contributed by atoms with van der Waals surface area (Å²) in [7, 11) is 0. The van der Waals surface area contributed by atoms with E-state index in [0.717, 1.165) is 25.7 Å². The first-order valence-electron chi connectivity index (χ1n) is 6.84. The van der Waals surface area contributed by atoms with Gasteiger partial charge in [-0.05, 0) is 30.9 Å². The molecule has 0 bridgehead atoms. The molecular weight excluding hydrogens is 240 g/mol. The number of nitrogens with zero attached hydrogens (tertiary/aromatic N) is 1. The van der Waals surface area contributed by atoms with E-state index in [9.17, 15) is 9.59 Å². The molecule has 0 radical (unpaired) electrons. The number of rotatable bonds is 1. The predicted octanol–water partition coefficient (Wildman–Crippen LogP) is 2.69. The van der Waals surface area contributed by atoms with Crippen LogP contribution in [0.3, 0.4) is 0 Å². The van der Waals surface area contributed by atoms with E-state index in [1.165, 1.54) is 4.90 Å². The van der Waals surface area contributed by atoms with Crippen molar-refractivity contribution in [2.45, 2.75) is 38.1 Å². The van der Waals surface area contributed by atoms with Gasteiger partial charge in [0.15, 0.2) is 0 Å². The van der Waals surface area contributed by atoms with Crippen LogP contribution in [0.2, 0.25) is 0 Å². The third kappa shape index (κ3) is 1.91. The molecule has 2 fully saturated rings. The maximum Gasteiger partial charge on any atom is 0.329 e. The molecule has 4 heteroatoms. The smallest absolute Gasteiger partial charge is 0.323 e. The molecule has 1 aromatic rings. The largest absolute Gasteiger partial charge is 0.329 e. The summed E-state index contributed by atoms with van der Waals surface area (Å²) < 4.78 is 0. The molecule has 1 aliphatic heterocycles. The molecule has 2 atom stereocenters. The molecule has 4 nitrogen and oxygen atoms in total.